The number of hydrogen-bond acceptors (Lipinski definition) is 12. The number of oxazole rings is 2. The second-order valence-corrected chi connectivity index (χ2v) is 15.5. The van der Waals surface area contributed by atoms with Crippen LogP contribution in [-0.4, -0.2) is 73.0 Å². The Morgan fingerprint density at radius 2 is 1.86 bits per heavy atom. The molecule has 7 rings (SSSR count). The number of para-hydroxylation sites is 1. The van der Waals surface area contributed by atoms with Gasteiger partial charge in [0, 0.05) is 17.5 Å². The van der Waals surface area contributed by atoms with E-state index in [-0.39, 0.29) is 41.3 Å². The Balaban J connectivity index is 1.53. The van der Waals surface area contributed by atoms with E-state index in [1.165, 1.54) is 11.4 Å². The van der Waals surface area contributed by atoms with E-state index in [1.807, 2.05) is 13.8 Å². The van der Waals surface area contributed by atoms with E-state index in [0.717, 1.165) is 12.5 Å². The number of aromatic nitrogens is 2. The lowest BCUT2D eigenvalue weighted by atomic mass is 9.72. The largest absolute Gasteiger partial charge is 0.467 e. The van der Waals surface area contributed by atoms with E-state index in [2.05, 4.69) is 15.6 Å². The third kappa shape index (κ3) is 5.35. The van der Waals surface area contributed by atoms with Gasteiger partial charge in [0.05, 0.1) is 19.1 Å². The SMILES string of the molecule is COC(=O)c1coc(-c2nc3oc2C24c5cc(ccc5OC2N(S(C)(=O)=O)c2ccccc24)CC(NC(=O)[C@@H](O)C(C)C)C(=O)NC3C(C)C)n1. The number of amides is 2. The molecule has 0 aliphatic carbocycles. The first-order valence-electron chi connectivity index (χ1n) is 16.4. The van der Waals surface area contributed by atoms with Crippen LogP contribution in [0.15, 0.2) is 57.6 Å². The number of sulfonamides is 1. The summed E-state index contributed by atoms with van der Waals surface area (Å²) in [7, 11) is -2.78. The van der Waals surface area contributed by atoms with Crippen LogP contribution in [0.3, 0.4) is 0 Å². The zero-order valence-electron chi connectivity index (χ0n) is 28.7. The molecule has 2 aromatic heterocycles. The molecule has 0 radical (unpaired) electrons. The van der Waals surface area contributed by atoms with Gasteiger partial charge in [-0.3, -0.25) is 9.59 Å². The summed E-state index contributed by atoms with van der Waals surface area (Å²) in [6, 6.07) is 10.1. The van der Waals surface area contributed by atoms with E-state index >= 15 is 0 Å². The molecule has 1 spiro atoms. The van der Waals surface area contributed by atoms with Crippen molar-refractivity contribution in [3.63, 3.8) is 0 Å². The van der Waals surface area contributed by atoms with Gasteiger partial charge in [0.1, 0.15) is 35.6 Å². The van der Waals surface area contributed by atoms with E-state index in [4.69, 9.17) is 23.3 Å². The van der Waals surface area contributed by atoms with Gasteiger partial charge in [-0.15, -0.1) is 0 Å². The number of carbonyl (C=O) groups is 3. The monoisotopic (exact) mass is 719 g/mol. The van der Waals surface area contributed by atoms with Crippen LogP contribution in [0.5, 0.6) is 5.75 Å². The van der Waals surface area contributed by atoms with Gasteiger partial charge in [-0.1, -0.05) is 58.0 Å². The summed E-state index contributed by atoms with van der Waals surface area (Å²) >= 11 is 0. The van der Waals surface area contributed by atoms with Crippen molar-refractivity contribution in [3.05, 3.63) is 82.8 Å². The molecule has 5 atom stereocenters. The van der Waals surface area contributed by atoms with Gasteiger partial charge in [0.15, 0.2) is 17.1 Å². The minimum atomic E-state index is -3.98. The van der Waals surface area contributed by atoms with Crippen LogP contribution in [0.1, 0.15) is 72.6 Å². The number of benzene rings is 2. The number of nitrogens with zero attached hydrogens (tertiary/aromatic N) is 3. The van der Waals surface area contributed by atoms with Crippen LogP contribution in [0.4, 0.5) is 5.69 Å². The minimum Gasteiger partial charge on any atom is -0.467 e. The lowest BCUT2D eigenvalue weighted by Crippen LogP contribution is -2.52. The molecule has 5 heterocycles. The van der Waals surface area contributed by atoms with Gasteiger partial charge in [-0.05, 0) is 29.5 Å². The first-order valence-corrected chi connectivity index (χ1v) is 18.2. The van der Waals surface area contributed by atoms with Gasteiger partial charge >= 0.3 is 5.97 Å². The number of anilines is 1. The molecule has 3 aliphatic rings. The van der Waals surface area contributed by atoms with Crippen LogP contribution < -0.4 is 19.7 Å². The molecule has 0 saturated carbocycles. The second-order valence-electron chi connectivity index (χ2n) is 13.6. The fourth-order valence-corrected chi connectivity index (χ4v) is 8.09. The van der Waals surface area contributed by atoms with Gasteiger partial charge in [-0.25, -0.2) is 27.5 Å². The van der Waals surface area contributed by atoms with Crippen molar-refractivity contribution in [2.75, 3.05) is 17.7 Å². The highest BCUT2D eigenvalue weighted by molar-refractivity contribution is 7.92. The van der Waals surface area contributed by atoms with Crippen molar-refractivity contribution >= 4 is 33.5 Å². The van der Waals surface area contributed by atoms with Crippen LogP contribution in [0.25, 0.3) is 11.6 Å². The number of aliphatic hydroxyl groups excluding tert-OH is 1. The van der Waals surface area contributed by atoms with E-state index in [0.29, 0.717) is 28.1 Å². The molecular weight excluding hydrogens is 682 g/mol. The molecule has 268 valence electrons. The van der Waals surface area contributed by atoms with Gasteiger partial charge in [0.25, 0.3) is 0 Å². The number of rotatable bonds is 7. The topological polar surface area (TPSA) is 203 Å². The molecule has 3 N–H and O–H groups in total. The summed E-state index contributed by atoms with van der Waals surface area (Å²) in [5.74, 6) is -2.38. The highest BCUT2D eigenvalue weighted by Crippen LogP contribution is 2.62. The van der Waals surface area contributed by atoms with Crippen molar-refractivity contribution in [1.82, 2.24) is 20.6 Å². The van der Waals surface area contributed by atoms with E-state index in [9.17, 15) is 27.9 Å². The Kier molecular flexibility index (Phi) is 8.21. The third-order valence-electron chi connectivity index (χ3n) is 9.52. The summed E-state index contributed by atoms with van der Waals surface area (Å²) in [6.45, 7) is 7.06. The number of aliphatic hydroxyl groups is 1. The lowest BCUT2D eigenvalue weighted by Gasteiger charge is -2.31. The number of methoxy groups -OCH3 is 1. The Morgan fingerprint density at radius 1 is 1.12 bits per heavy atom. The fraction of sp³-hybridized carbons (Fsp3) is 0.400. The molecule has 3 aliphatic heterocycles. The molecule has 2 amide bonds. The smallest absolute Gasteiger partial charge is 0.360 e. The van der Waals surface area contributed by atoms with Crippen molar-refractivity contribution < 1.29 is 46.2 Å². The minimum absolute atomic E-state index is 0.0140. The van der Waals surface area contributed by atoms with Gasteiger partial charge in [-0.2, -0.15) is 0 Å². The first-order chi connectivity index (χ1) is 24.2. The number of fused-ring (bicyclic) bond motifs is 4. The quantitative estimate of drug-likeness (QED) is 0.236. The molecule has 16 heteroatoms. The normalized spacial score (nSPS) is 22.7. The Hall–Kier alpha value is -5.22. The molecule has 4 unspecified atom stereocenters. The van der Waals surface area contributed by atoms with Crippen molar-refractivity contribution in [2.45, 2.75) is 63.9 Å². The zero-order chi connectivity index (χ0) is 36.6. The highest BCUT2D eigenvalue weighted by Gasteiger charge is 2.65. The average molecular weight is 720 g/mol. The molecule has 51 heavy (non-hydrogen) atoms. The van der Waals surface area contributed by atoms with Crippen LogP contribution in [0, 0.1) is 11.8 Å². The summed E-state index contributed by atoms with van der Waals surface area (Å²) < 4.78 is 52.3. The van der Waals surface area contributed by atoms with Crippen molar-refractivity contribution in [2.24, 2.45) is 11.8 Å². The average Bonchev–Trinajstić information content (AvgIpc) is 3.85. The predicted octanol–water partition coefficient (Wildman–Crippen LogP) is 2.82. The van der Waals surface area contributed by atoms with Crippen LogP contribution >= 0.6 is 0 Å². The summed E-state index contributed by atoms with van der Waals surface area (Å²) in [5, 5.41) is 16.2. The van der Waals surface area contributed by atoms with E-state index < -0.39 is 63.6 Å². The fourth-order valence-electron chi connectivity index (χ4n) is 7.03. The van der Waals surface area contributed by atoms with E-state index in [1.54, 1.807) is 56.3 Å². The van der Waals surface area contributed by atoms with Gasteiger partial charge in [0.2, 0.25) is 39.8 Å². The lowest BCUT2D eigenvalue weighted by molar-refractivity contribution is -0.135. The maximum absolute atomic E-state index is 14.0. The Bertz CT molecular complexity index is 2180. The van der Waals surface area contributed by atoms with Crippen molar-refractivity contribution in [3.8, 4) is 17.3 Å². The van der Waals surface area contributed by atoms with Crippen LogP contribution in [-0.2, 0) is 36.2 Å². The Labute approximate surface area is 293 Å². The van der Waals surface area contributed by atoms with Crippen molar-refractivity contribution in [1.29, 1.82) is 0 Å². The second kappa shape index (κ2) is 12.2. The number of hydrogen-bond donors (Lipinski definition) is 3. The number of ether oxygens (including phenoxy) is 2. The molecule has 15 nitrogen and oxygen atoms in total. The summed E-state index contributed by atoms with van der Waals surface area (Å²) in [6.07, 6.45) is -0.382. The maximum Gasteiger partial charge on any atom is 0.360 e. The standard InChI is InChI=1S/C35H37N5O10S/c1-16(2)25-32-39-26(31-37-22(15-48-31)33(44)47-5)28(50-32)35-19-9-7-8-10-23(19)40(51(6,45)46)34(35)49-24-12-11-18(13-20(24)35)14-21(29(42)38-25)36-30(43)27(41)17(3)4/h7-13,15-17,21,25,27,34,41H,14H2,1-6H3,(H,36,43)(H,38,42)/t21?,25?,27-,34?,35?/m0/s1. The zero-order valence-corrected chi connectivity index (χ0v) is 29.5. The Morgan fingerprint density at radius 3 is 2.55 bits per heavy atom. The third-order valence-corrected chi connectivity index (χ3v) is 10.6. The summed E-state index contributed by atoms with van der Waals surface area (Å²) in [5.41, 5.74) is 0.360. The molecular formula is C35H37N5O10S. The molecule has 2 aromatic carbocycles. The molecule has 4 aromatic rings. The maximum atomic E-state index is 14.0. The molecule has 0 saturated heterocycles. The van der Waals surface area contributed by atoms with Gasteiger partial charge < -0.3 is 34.0 Å². The number of esters is 1. The summed E-state index contributed by atoms with van der Waals surface area (Å²) in [4.78, 5) is 48.8. The number of nitrogens with one attached hydrogen (secondary N) is 2. The number of carbonyl (C=O) groups excluding carboxylic acids is 3. The molecule has 4 bridgehead atoms. The highest BCUT2D eigenvalue weighted by atomic mass is 32.2. The first kappa shape index (κ1) is 34.2. The van der Waals surface area contributed by atoms with Crippen LogP contribution in [0.2, 0.25) is 0 Å². The molecule has 0 fully saturated rings. The predicted molar refractivity (Wildman–Crippen MR) is 180 cm³/mol.